The van der Waals surface area contributed by atoms with Gasteiger partial charge in [0.15, 0.2) is 0 Å². The number of ether oxygens (including phenoxy) is 1. The molecule has 0 saturated carbocycles. The molecule has 0 aromatic carbocycles. The molecule has 0 heterocycles. The van der Waals surface area contributed by atoms with E-state index in [0.29, 0.717) is 13.1 Å². The van der Waals surface area contributed by atoms with Crippen molar-refractivity contribution in [1.29, 1.82) is 0 Å². The van der Waals surface area contributed by atoms with Gasteiger partial charge in [0.25, 0.3) is 0 Å². The van der Waals surface area contributed by atoms with E-state index >= 15 is 0 Å². The van der Waals surface area contributed by atoms with E-state index in [1.165, 1.54) is 0 Å². The summed E-state index contributed by atoms with van der Waals surface area (Å²) in [4.78, 5) is 13.5. The number of nitrogens with two attached hydrogens (primary N) is 1. The van der Waals surface area contributed by atoms with Crippen LogP contribution in [-0.4, -0.2) is 35.7 Å². The largest absolute Gasteiger partial charge is 0.444 e. The summed E-state index contributed by atoms with van der Waals surface area (Å²) in [6.07, 6.45) is 1.77. The molecule has 1 atom stereocenters. The Morgan fingerprint density at radius 2 is 2.00 bits per heavy atom. The normalized spacial score (nSPS) is 13.4. The van der Waals surface area contributed by atoms with Crippen molar-refractivity contribution < 1.29 is 9.53 Å². The summed E-state index contributed by atoms with van der Waals surface area (Å²) < 4.78 is 5.33. The molecule has 4 heteroatoms. The summed E-state index contributed by atoms with van der Waals surface area (Å²) in [6.45, 7) is 10.9. The van der Waals surface area contributed by atoms with E-state index in [1.807, 2.05) is 27.7 Å². The number of amides is 1. The van der Waals surface area contributed by atoms with Gasteiger partial charge >= 0.3 is 6.09 Å². The maximum atomic E-state index is 11.8. The van der Waals surface area contributed by atoms with Crippen LogP contribution in [0.2, 0.25) is 0 Å². The molecule has 0 spiro atoms. The minimum absolute atomic E-state index is 0.0237. The molecule has 96 valence electrons. The van der Waals surface area contributed by atoms with Gasteiger partial charge in [-0.15, -0.1) is 0 Å². The van der Waals surface area contributed by atoms with Gasteiger partial charge in [-0.2, -0.15) is 0 Å². The van der Waals surface area contributed by atoms with E-state index < -0.39 is 5.60 Å². The van der Waals surface area contributed by atoms with Crippen LogP contribution in [0.3, 0.4) is 0 Å². The Morgan fingerprint density at radius 3 is 2.38 bits per heavy atom. The fourth-order valence-corrected chi connectivity index (χ4v) is 1.28. The molecule has 1 unspecified atom stereocenters. The van der Waals surface area contributed by atoms with Crippen LogP contribution in [0.1, 0.15) is 47.5 Å². The van der Waals surface area contributed by atoms with E-state index in [1.54, 1.807) is 4.90 Å². The van der Waals surface area contributed by atoms with E-state index in [0.717, 1.165) is 12.8 Å². The molecular weight excluding hydrogens is 204 g/mol. The van der Waals surface area contributed by atoms with Gasteiger partial charge in [-0.25, -0.2) is 4.79 Å². The number of hydrogen-bond acceptors (Lipinski definition) is 3. The van der Waals surface area contributed by atoms with Crippen LogP contribution < -0.4 is 5.73 Å². The minimum atomic E-state index is -0.445. The molecule has 0 rings (SSSR count). The van der Waals surface area contributed by atoms with Gasteiger partial charge in [-0.3, -0.25) is 0 Å². The Morgan fingerprint density at radius 1 is 1.44 bits per heavy atom. The highest BCUT2D eigenvalue weighted by molar-refractivity contribution is 5.68. The van der Waals surface area contributed by atoms with Crippen LogP contribution in [0.15, 0.2) is 0 Å². The number of hydrogen-bond donors (Lipinski definition) is 1. The van der Waals surface area contributed by atoms with Gasteiger partial charge < -0.3 is 15.4 Å². The van der Waals surface area contributed by atoms with Gasteiger partial charge in [0.2, 0.25) is 0 Å². The molecule has 0 aliphatic carbocycles. The molecule has 1 amide bonds. The Bertz CT molecular complexity index is 210. The standard InChI is InChI=1S/C12H26N2O2/c1-6-7-8-14(9-10(2)13)11(15)16-12(3,4)5/h10H,6-9,13H2,1-5H3. The highest BCUT2D eigenvalue weighted by atomic mass is 16.6. The predicted octanol–water partition coefficient (Wildman–Crippen LogP) is 2.37. The smallest absolute Gasteiger partial charge is 0.410 e. The van der Waals surface area contributed by atoms with Crippen LogP contribution >= 0.6 is 0 Å². The zero-order valence-corrected chi connectivity index (χ0v) is 11.2. The highest BCUT2D eigenvalue weighted by Crippen LogP contribution is 2.10. The second-order valence-corrected chi connectivity index (χ2v) is 5.26. The van der Waals surface area contributed by atoms with Gasteiger partial charge in [0.05, 0.1) is 0 Å². The average molecular weight is 230 g/mol. The van der Waals surface area contributed by atoms with Crippen molar-refractivity contribution in [2.75, 3.05) is 13.1 Å². The molecule has 0 fully saturated rings. The number of carbonyl (C=O) groups is 1. The van der Waals surface area contributed by atoms with Crippen molar-refractivity contribution >= 4 is 6.09 Å². The summed E-state index contributed by atoms with van der Waals surface area (Å²) in [5, 5.41) is 0. The molecular formula is C12H26N2O2. The van der Waals surface area contributed by atoms with Crippen molar-refractivity contribution in [3.05, 3.63) is 0 Å². The Hall–Kier alpha value is -0.770. The van der Waals surface area contributed by atoms with E-state index in [2.05, 4.69) is 6.92 Å². The third-order valence-corrected chi connectivity index (χ3v) is 1.94. The van der Waals surface area contributed by atoms with Crippen molar-refractivity contribution in [3.63, 3.8) is 0 Å². The summed E-state index contributed by atoms with van der Waals surface area (Å²) in [5.74, 6) is 0. The van der Waals surface area contributed by atoms with Gasteiger partial charge in [-0.05, 0) is 34.1 Å². The van der Waals surface area contributed by atoms with E-state index in [9.17, 15) is 4.79 Å². The molecule has 0 aromatic rings. The number of unbranched alkanes of at least 4 members (excludes halogenated alkanes) is 1. The second-order valence-electron chi connectivity index (χ2n) is 5.26. The molecule has 4 nitrogen and oxygen atoms in total. The van der Waals surface area contributed by atoms with Crippen LogP contribution in [0.4, 0.5) is 4.79 Å². The fraction of sp³-hybridized carbons (Fsp3) is 0.917. The third kappa shape index (κ3) is 7.51. The molecule has 0 saturated heterocycles. The van der Waals surface area contributed by atoms with Crippen molar-refractivity contribution in [2.24, 2.45) is 5.73 Å². The first-order valence-electron chi connectivity index (χ1n) is 5.99. The number of nitrogens with zero attached hydrogens (tertiary/aromatic N) is 1. The van der Waals surface area contributed by atoms with Gasteiger partial charge in [0.1, 0.15) is 5.60 Å². The topological polar surface area (TPSA) is 55.6 Å². The quantitative estimate of drug-likeness (QED) is 0.789. The first-order valence-corrected chi connectivity index (χ1v) is 5.99. The maximum absolute atomic E-state index is 11.8. The molecule has 0 aromatic heterocycles. The predicted molar refractivity (Wildman–Crippen MR) is 66.4 cm³/mol. The molecule has 16 heavy (non-hydrogen) atoms. The average Bonchev–Trinajstić information content (AvgIpc) is 2.08. The second kappa shape index (κ2) is 6.74. The monoisotopic (exact) mass is 230 g/mol. The third-order valence-electron chi connectivity index (χ3n) is 1.94. The van der Waals surface area contributed by atoms with Crippen molar-refractivity contribution in [3.8, 4) is 0 Å². The summed E-state index contributed by atoms with van der Waals surface area (Å²) >= 11 is 0. The number of carbonyl (C=O) groups excluding carboxylic acids is 1. The van der Waals surface area contributed by atoms with Crippen LogP contribution in [-0.2, 0) is 4.74 Å². The highest BCUT2D eigenvalue weighted by Gasteiger charge is 2.22. The van der Waals surface area contributed by atoms with Crippen molar-refractivity contribution in [1.82, 2.24) is 4.90 Å². The lowest BCUT2D eigenvalue weighted by atomic mass is 10.2. The number of rotatable bonds is 5. The van der Waals surface area contributed by atoms with Crippen LogP contribution in [0.5, 0.6) is 0 Å². The SMILES string of the molecule is CCCCN(CC(C)N)C(=O)OC(C)(C)C. The van der Waals surface area contributed by atoms with Gasteiger partial charge in [0, 0.05) is 19.1 Å². The summed E-state index contributed by atoms with van der Waals surface area (Å²) in [5.41, 5.74) is 5.27. The van der Waals surface area contributed by atoms with Crippen molar-refractivity contribution in [2.45, 2.75) is 59.1 Å². The first-order chi connectivity index (χ1) is 7.26. The Labute approximate surface area is 99.1 Å². The lowest BCUT2D eigenvalue weighted by molar-refractivity contribution is 0.0239. The Kier molecular flexibility index (Phi) is 6.41. The molecule has 0 aliphatic heterocycles. The molecule has 0 radical (unpaired) electrons. The molecule has 0 bridgehead atoms. The van der Waals surface area contributed by atoms with E-state index in [-0.39, 0.29) is 12.1 Å². The lowest BCUT2D eigenvalue weighted by Gasteiger charge is -2.28. The fourth-order valence-electron chi connectivity index (χ4n) is 1.28. The minimum Gasteiger partial charge on any atom is -0.444 e. The lowest BCUT2D eigenvalue weighted by Crippen LogP contribution is -2.43. The van der Waals surface area contributed by atoms with Gasteiger partial charge in [-0.1, -0.05) is 13.3 Å². The van der Waals surface area contributed by atoms with Crippen LogP contribution in [0.25, 0.3) is 0 Å². The summed E-state index contributed by atoms with van der Waals surface area (Å²) in [6, 6.07) is -0.0237. The van der Waals surface area contributed by atoms with Crippen LogP contribution in [0, 0.1) is 0 Å². The zero-order valence-electron chi connectivity index (χ0n) is 11.2. The first kappa shape index (κ1) is 15.2. The molecule has 0 aliphatic rings. The summed E-state index contributed by atoms with van der Waals surface area (Å²) in [7, 11) is 0. The maximum Gasteiger partial charge on any atom is 0.410 e. The zero-order chi connectivity index (χ0) is 12.8. The van der Waals surface area contributed by atoms with E-state index in [4.69, 9.17) is 10.5 Å². The molecule has 2 N–H and O–H groups in total. The Balaban J connectivity index is 4.31.